The third kappa shape index (κ3) is 3.53. The van der Waals surface area contributed by atoms with E-state index in [9.17, 15) is 10.2 Å². The summed E-state index contributed by atoms with van der Waals surface area (Å²) in [4.78, 5) is 0. The Kier molecular flexibility index (Phi) is 4.76. The molecule has 0 amide bonds. The predicted octanol–water partition coefficient (Wildman–Crippen LogP) is 1.62. The Hall–Kier alpha value is -1.58. The Morgan fingerprint density at radius 3 is 2.31 bits per heavy atom. The summed E-state index contributed by atoms with van der Waals surface area (Å²) in [6.45, 7) is 3.40. The van der Waals surface area contributed by atoms with Crippen molar-refractivity contribution in [3.05, 3.63) is 48.6 Å². The fraction of sp³-hybridized carbons (Fsp3) is 0.231. The molecule has 0 spiro atoms. The van der Waals surface area contributed by atoms with Crippen LogP contribution in [0.4, 0.5) is 0 Å². The molecule has 2 unspecified atom stereocenters. The Morgan fingerprint density at radius 1 is 1.19 bits per heavy atom. The average Bonchev–Trinajstić information content (AvgIpc) is 2.35. The Labute approximate surface area is 95.3 Å². The zero-order chi connectivity index (χ0) is 12.0. The minimum absolute atomic E-state index is 0.781. The molecule has 1 rings (SSSR count). The molecule has 0 aromatic heterocycles. The second kappa shape index (κ2) is 6.10. The summed E-state index contributed by atoms with van der Waals surface area (Å²) in [5, 5.41) is 18.7. The molecule has 0 fully saturated rings. The summed E-state index contributed by atoms with van der Waals surface area (Å²) in [6, 6.07) is 7.39. The van der Waals surface area contributed by atoms with Gasteiger partial charge in [0.25, 0.3) is 0 Å². The van der Waals surface area contributed by atoms with Crippen LogP contribution >= 0.6 is 0 Å². The van der Waals surface area contributed by atoms with Crippen LogP contribution in [0.15, 0.2) is 43.0 Å². The molecule has 0 bridgehead atoms. The van der Waals surface area contributed by atoms with Crippen molar-refractivity contribution in [2.24, 2.45) is 0 Å². The van der Waals surface area contributed by atoms with Gasteiger partial charge in [0.15, 0.2) is 0 Å². The molecule has 3 nitrogen and oxygen atoms in total. The van der Waals surface area contributed by atoms with Gasteiger partial charge in [-0.3, -0.25) is 0 Å². The number of hydrogen-bond acceptors (Lipinski definition) is 3. The van der Waals surface area contributed by atoms with Crippen LogP contribution in [-0.4, -0.2) is 29.5 Å². The van der Waals surface area contributed by atoms with Gasteiger partial charge in [-0.05, 0) is 17.7 Å². The summed E-state index contributed by atoms with van der Waals surface area (Å²) >= 11 is 0. The Bertz CT molecular complexity index is 354. The van der Waals surface area contributed by atoms with Crippen molar-refractivity contribution in [2.45, 2.75) is 12.2 Å². The summed E-state index contributed by atoms with van der Waals surface area (Å²) in [5.41, 5.74) is 0.927. The number of benzene rings is 1. The maximum atomic E-state index is 9.45. The quantitative estimate of drug-likeness (QED) is 0.741. The van der Waals surface area contributed by atoms with Gasteiger partial charge >= 0.3 is 0 Å². The van der Waals surface area contributed by atoms with Crippen molar-refractivity contribution in [3.63, 3.8) is 0 Å². The molecule has 0 radical (unpaired) electrons. The van der Waals surface area contributed by atoms with E-state index < -0.39 is 12.2 Å². The van der Waals surface area contributed by atoms with Crippen LogP contribution in [0.1, 0.15) is 5.56 Å². The van der Waals surface area contributed by atoms with E-state index in [-0.39, 0.29) is 0 Å². The largest absolute Gasteiger partial charge is 0.497 e. The fourth-order valence-electron chi connectivity index (χ4n) is 1.18. The van der Waals surface area contributed by atoms with E-state index in [2.05, 4.69) is 6.58 Å². The predicted molar refractivity (Wildman–Crippen MR) is 64.2 cm³/mol. The average molecular weight is 220 g/mol. The van der Waals surface area contributed by atoms with Crippen LogP contribution in [-0.2, 0) is 0 Å². The van der Waals surface area contributed by atoms with Crippen molar-refractivity contribution in [1.82, 2.24) is 0 Å². The molecule has 0 aliphatic heterocycles. The molecule has 2 atom stereocenters. The first-order valence-corrected chi connectivity index (χ1v) is 4.98. The zero-order valence-corrected chi connectivity index (χ0v) is 9.21. The highest BCUT2D eigenvalue weighted by molar-refractivity contribution is 5.51. The van der Waals surface area contributed by atoms with Crippen LogP contribution in [0.2, 0.25) is 0 Å². The lowest BCUT2D eigenvalue weighted by Crippen LogP contribution is -2.20. The number of aliphatic hydroxyl groups is 2. The van der Waals surface area contributed by atoms with Gasteiger partial charge in [0, 0.05) is 0 Å². The van der Waals surface area contributed by atoms with Crippen LogP contribution < -0.4 is 4.74 Å². The molecule has 3 heteroatoms. The highest BCUT2D eigenvalue weighted by Gasteiger charge is 2.07. The summed E-state index contributed by atoms with van der Waals surface area (Å²) in [5.74, 6) is 0.781. The summed E-state index contributed by atoms with van der Waals surface area (Å²) in [7, 11) is 1.61. The smallest absolute Gasteiger partial charge is 0.118 e. The van der Waals surface area contributed by atoms with Crippen LogP contribution in [0.3, 0.4) is 0 Å². The molecule has 0 saturated carbocycles. The number of aliphatic hydroxyl groups excluding tert-OH is 2. The number of ether oxygens (including phenoxy) is 1. The lowest BCUT2D eigenvalue weighted by atomic mass is 10.1. The van der Waals surface area contributed by atoms with Gasteiger partial charge in [0.05, 0.1) is 7.11 Å². The van der Waals surface area contributed by atoms with E-state index in [4.69, 9.17) is 4.74 Å². The molecule has 1 aromatic carbocycles. The highest BCUT2D eigenvalue weighted by atomic mass is 16.5. The Morgan fingerprint density at radius 2 is 1.81 bits per heavy atom. The highest BCUT2D eigenvalue weighted by Crippen LogP contribution is 2.12. The standard InChI is InChI=1S/C13H16O3/c1-3-12(14)13(15)9-6-10-4-7-11(16-2)8-5-10/h3-9,12-15H,1H2,2H3. The van der Waals surface area contributed by atoms with E-state index in [1.807, 2.05) is 24.3 Å². The molecule has 1 aromatic rings. The first-order chi connectivity index (χ1) is 7.67. The zero-order valence-electron chi connectivity index (χ0n) is 9.21. The molecule has 0 aliphatic rings. The van der Waals surface area contributed by atoms with Gasteiger partial charge in [-0.15, -0.1) is 6.58 Å². The van der Waals surface area contributed by atoms with Crippen LogP contribution in [0.25, 0.3) is 6.08 Å². The molecule has 0 heterocycles. The Balaban J connectivity index is 2.65. The first-order valence-electron chi connectivity index (χ1n) is 4.98. The van der Waals surface area contributed by atoms with Crippen molar-refractivity contribution >= 4 is 6.08 Å². The molecule has 2 N–H and O–H groups in total. The van der Waals surface area contributed by atoms with E-state index in [0.717, 1.165) is 11.3 Å². The van der Waals surface area contributed by atoms with Gasteiger partial charge in [0.1, 0.15) is 18.0 Å². The topological polar surface area (TPSA) is 49.7 Å². The van der Waals surface area contributed by atoms with Crippen LogP contribution in [0, 0.1) is 0 Å². The molecule has 0 aliphatic carbocycles. The fourth-order valence-corrected chi connectivity index (χ4v) is 1.18. The second-order valence-corrected chi connectivity index (χ2v) is 3.35. The van der Waals surface area contributed by atoms with Gasteiger partial charge in [-0.2, -0.15) is 0 Å². The number of methoxy groups -OCH3 is 1. The van der Waals surface area contributed by atoms with E-state index >= 15 is 0 Å². The molecule has 0 saturated heterocycles. The molecule has 16 heavy (non-hydrogen) atoms. The first kappa shape index (κ1) is 12.5. The van der Waals surface area contributed by atoms with E-state index in [0.29, 0.717) is 0 Å². The SMILES string of the molecule is C=CC(O)C(O)C=Cc1ccc(OC)cc1. The van der Waals surface area contributed by atoms with Crippen molar-refractivity contribution in [1.29, 1.82) is 0 Å². The minimum atomic E-state index is -0.936. The van der Waals surface area contributed by atoms with Crippen molar-refractivity contribution < 1.29 is 14.9 Å². The monoisotopic (exact) mass is 220 g/mol. The van der Waals surface area contributed by atoms with Gasteiger partial charge in [-0.1, -0.05) is 30.4 Å². The third-order valence-electron chi connectivity index (χ3n) is 2.19. The van der Waals surface area contributed by atoms with Crippen molar-refractivity contribution in [2.75, 3.05) is 7.11 Å². The molecule has 86 valence electrons. The molecular weight excluding hydrogens is 204 g/mol. The lowest BCUT2D eigenvalue weighted by molar-refractivity contribution is 0.0816. The third-order valence-corrected chi connectivity index (χ3v) is 2.19. The second-order valence-electron chi connectivity index (χ2n) is 3.35. The maximum absolute atomic E-state index is 9.45. The number of hydrogen-bond donors (Lipinski definition) is 2. The van der Waals surface area contributed by atoms with E-state index in [1.165, 1.54) is 12.2 Å². The normalized spacial score (nSPS) is 14.7. The van der Waals surface area contributed by atoms with Gasteiger partial charge in [0.2, 0.25) is 0 Å². The lowest BCUT2D eigenvalue weighted by Gasteiger charge is -2.08. The maximum Gasteiger partial charge on any atom is 0.118 e. The minimum Gasteiger partial charge on any atom is -0.497 e. The number of rotatable bonds is 5. The summed E-state index contributed by atoms with van der Waals surface area (Å²) < 4.78 is 5.02. The van der Waals surface area contributed by atoms with E-state index in [1.54, 1.807) is 13.2 Å². The van der Waals surface area contributed by atoms with Gasteiger partial charge in [-0.25, -0.2) is 0 Å². The summed E-state index contributed by atoms with van der Waals surface area (Å²) in [6.07, 6.45) is 2.68. The van der Waals surface area contributed by atoms with Crippen molar-refractivity contribution in [3.8, 4) is 5.75 Å². The van der Waals surface area contributed by atoms with Crippen LogP contribution in [0.5, 0.6) is 5.75 Å². The van der Waals surface area contributed by atoms with Gasteiger partial charge < -0.3 is 14.9 Å². The molecular formula is C13H16O3.